The van der Waals surface area contributed by atoms with Crippen molar-refractivity contribution in [1.29, 1.82) is 0 Å². The lowest BCUT2D eigenvalue weighted by atomic mass is 9.98. The number of carboxylic acid groups (broad SMARTS) is 1. The lowest BCUT2D eigenvalue weighted by Gasteiger charge is -2.40. The number of hydrogen-bond acceptors (Lipinski definition) is 11. The smallest absolute Gasteiger partial charge is 0.335 e. The van der Waals surface area contributed by atoms with E-state index in [4.69, 9.17) is 23.7 Å². The molecule has 0 bridgehead atoms. The highest BCUT2D eigenvalue weighted by Gasteiger charge is 2.50. The standard InChI is InChI=1S/C69H116O12/c1-4-7-10-13-16-19-22-25-28-30-31-33-35-37-40-43-46-49-52-55-61(70)77-58-60(79-62(71)56-53-50-47-44-41-38-34-27-24-21-18-15-12-9-6-3)59-78-69-67(65(74)64(73)66(81-69)68(75)76)80-63(72)57-54-51-48-45-42-39-36-32-29-26-23-20-17-14-11-8-5-2/h7-8,10-11,16-17,19-20,25-26,28-29,31,33,60,64-67,69,73-74H,4-6,9,12-15,18,21-24,27,30,32,34-59H2,1-3H3,(H,75,76)/b10-7-,11-8-,19-16-,20-17-,28-25-,29-26-,33-31-. The Morgan fingerprint density at radius 2 is 0.778 bits per heavy atom. The predicted octanol–water partition coefficient (Wildman–Crippen LogP) is 17.5. The van der Waals surface area contributed by atoms with Gasteiger partial charge in [-0.05, 0) is 89.9 Å². The number of rotatable bonds is 55. The third-order valence-corrected chi connectivity index (χ3v) is 14.5. The monoisotopic (exact) mass is 1140 g/mol. The number of unbranched alkanes of at least 4 members (excludes halogenated alkanes) is 27. The van der Waals surface area contributed by atoms with E-state index < -0.39 is 67.3 Å². The number of ether oxygens (including phenoxy) is 5. The van der Waals surface area contributed by atoms with E-state index in [1.807, 2.05) is 0 Å². The van der Waals surface area contributed by atoms with Crippen molar-refractivity contribution in [3.05, 3.63) is 85.1 Å². The van der Waals surface area contributed by atoms with Gasteiger partial charge in [0.2, 0.25) is 0 Å². The van der Waals surface area contributed by atoms with Crippen molar-refractivity contribution < 1.29 is 58.2 Å². The SMILES string of the molecule is CC/C=C\C/C=C\C/C=C\C/C=C\CCCCCCCCC(=O)OCC(COC1OC(C(=O)O)C(O)C(O)C1OC(=O)CCCCCCCCC/C=C\C/C=C\C/C=C\CC)OC(=O)CCCCCCCCCCCCCCCCC. The Kier molecular flexibility index (Phi) is 52.1. The van der Waals surface area contributed by atoms with E-state index >= 15 is 0 Å². The fourth-order valence-electron chi connectivity index (χ4n) is 9.55. The molecule has 6 unspecified atom stereocenters. The molecular weight excluding hydrogens is 1020 g/mol. The molecule has 0 saturated carbocycles. The first kappa shape index (κ1) is 74.9. The molecule has 464 valence electrons. The Balaban J connectivity index is 2.67. The lowest BCUT2D eigenvalue weighted by Crippen LogP contribution is -2.61. The van der Waals surface area contributed by atoms with Gasteiger partial charge in [0.05, 0.1) is 6.61 Å². The van der Waals surface area contributed by atoms with Crippen LogP contribution in [0.5, 0.6) is 0 Å². The quantitative estimate of drug-likeness (QED) is 0.0228. The van der Waals surface area contributed by atoms with Crippen LogP contribution in [0, 0.1) is 0 Å². The molecule has 1 aliphatic heterocycles. The summed E-state index contributed by atoms with van der Waals surface area (Å²) in [5.41, 5.74) is 0. The van der Waals surface area contributed by atoms with Gasteiger partial charge in [0.25, 0.3) is 0 Å². The second-order valence-electron chi connectivity index (χ2n) is 22.0. The molecule has 12 heteroatoms. The van der Waals surface area contributed by atoms with Crippen molar-refractivity contribution in [1.82, 2.24) is 0 Å². The Morgan fingerprint density at radius 3 is 1.19 bits per heavy atom. The molecule has 0 amide bonds. The first-order valence-electron chi connectivity index (χ1n) is 32.6. The van der Waals surface area contributed by atoms with Gasteiger partial charge in [0, 0.05) is 19.3 Å². The van der Waals surface area contributed by atoms with E-state index in [2.05, 4.69) is 106 Å². The highest BCUT2D eigenvalue weighted by atomic mass is 16.7. The van der Waals surface area contributed by atoms with Gasteiger partial charge in [-0.1, -0.05) is 254 Å². The number of esters is 3. The first-order chi connectivity index (χ1) is 39.6. The summed E-state index contributed by atoms with van der Waals surface area (Å²) < 4.78 is 28.5. The van der Waals surface area contributed by atoms with Gasteiger partial charge in [-0.15, -0.1) is 0 Å². The number of aliphatic hydroxyl groups is 2. The first-order valence-corrected chi connectivity index (χ1v) is 32.6. The maximum absolute atomic E-state index is 13.2. The van der Waals surface area contributed by atoms with E-state index in [9.17, 15) is 34.5 Å². The van der Waals surface area contributed by atoms with Crippen LogP contribution in [0.1, 0.15) is 278 Å². The maximum Gasteiger partial charge on any atom is 0.335 e. The minimum atomic E-state index is -1.91. The third-order valence-electron chi connectivity index (χ3n) is 14.5. The number of aliphatic carboxylic acids is 1. The fourth-order valence-corrected chi connectivity index (χ4v) is 9.55. The normalized spacial score (nSPS) is 18.3. The predicted molar refractivity (Wildman–Crippen MR) is 331 cm³/mol. The highest BCUT2D eigenvalue weighted by molar-refractivity contribution is 5.74. The summed E-state index contributed by atoms with van der Waals surface area (Å²) in [6.07, 6.45) is 61.0. The van der Waals surface area contributed by atoms with Crippen molar-refractivity contribution in [3.63, 3.8) is 0 Å². The molecule has 1 aliphatic rings. The van der Waals surface area contributed by atoms with Crippen LogP contribution >= 0.6 is 0 Å². The van der Waals surface area contributed by atoms with Crippen LogP contribution in [0.3, 0.4) is 0 Å². The molecule has 12 nitrogen and oxygen atoms in total. The second-order valence-corrected chi connectivity index (χ2v) is 22.0. The number of hydrogen-bond donors (Lipinski definition) is 3. The van der Waals surface area contributed by atoms with Gasteiger partial charge in [-0.3, -0.25) is 14.4 Å². The molecule has 1 rings (SSSR count). The van der Waals surface area contributed by atoms with Crippen molar-refractivity contribution in [3.8, 4) is 0 Å². The van der Waals surface area contributed by atoms with Crippen molar-refractivity contribution >= 4 is 23.9 Å². The van der Waals surface area contributed by atoms with Gasteiger partial charge in [0.1, 0.15) is 18.8 Å². The zero-order chi connectivity index (χ0) is 58.9. The lowest BCUT2D eigenvalue weighted by molar-refractivity contribution is -0.301. The number of carbonyl (C=O) groups excluding carboxylic acids is 3. The van der Waals surface area contributed by atoms with Crippen LogP contribution in [-0.2, 0) is 42.9 Å². The van der Waals surface area contributed by atoms with Gasteiger partial charge in [-0.25, -0.2) is 4.79 Å². The zero-order valence-corrected chi connectivity index (χ0v) is 51.3. The summed E-state index contributed by atoms with van der Waals surface area (Å²) in [7, 11) is 0. The highest BCUT2D eigenvalue weighted by Crippen LogP contribution is 2.27. The van der Waals surface area contributed by atoms with Gasteiger partial charge in [0.15, 0.2) is 24.6 Å². The minimum Gasteiger partial charge on any atom is -0.479 e. The average molecular weight is 1140 g/mol. The molecule has 1 saturated heterocycles. The molecule has 0 aromatic heterocycles. The van der Waals surface area contributed by atoms with Crippen LogP contribution in [-0.4, -0.2) is 89.2 Å². The van der Waals surface area contributed by atoms with Crippen LogP contribution in [0.4, 0.5) is 0 Å². The Labute approximate surface area is 492 Å². The Bertz CT molecular complexity index is 1730. The second kappa shape index (κ2) is 56.4. The van der Waals surface area contributed by atoms with Crippen LogP contribution in [0.2, 0.25) is 0 Å². The van der Waals surface area contributed by atoms with Gasteiger partial charge < -0.3 is 39.0 Å². The molecule has 3 N–H and O–H groups in total. The average Bonchev–Trinajstić information content (AvgIpc) is 3.53. The molecule has 81 heavy (non-hydrogen) atoms. The summed E-state index contributed by atoms with van der Waals surface area (Å²) in [6, 6.07) is 0. The molecule has 0 spiro atoms. The maximum atomic E-state index is 13.2. The summed E-state index contributed by atoms with van der Waals surface area (Å²) in [4.78, 5) is 51.3. The minimum absolute atomic E-state index is 0.0463. The summed E-state index contributed by atoms with van der Waals surface area (Å²) >= 11 is 0. The van der Waals surface area contributed by atoms with E-state index in [1.54, 1.807) is 0 Å². The topological polar surface area (TPSA) is 175 Å². The van der Waals surface area contributed by atoms with E-state index in [0.717, 1.165) is 148 Å². The van der Waals surface area contributed by atoms with Crippen molar-refractivity contribution in [2.24, 2.45) is 0 Å². The number of allylic oxidation sites excluding steroid dienone is 14. The van der Waals surface area contributed by atoms with E-state index in [-0.39, 0.29) is 25.9 Å². The Hall–Kier alpha value is -4.10. The van der Waals surface area contributed by atoms with E-state index in [1.165, 1.54) is 70.6 Å². The largest absolute Gasteiger partial charge is 0.479 e. The Morgan fingerprint density at radius 1 is 0.420 bits per heavy atom. The number of carboxylic acids is 1. The molecule has 1 heterocycles. The zero-order valence-electron chi connectivity index (χ0n) is 51.3. The molecule has 0 radical (unpaired) electrons. The summed E-state index contributed by atoms with van der Waals surface area (Å²) in [6.45, 7) is 5.79. The van der Waals surface area contributed by atoms with Gasteiger partial charge in [-0.2, -0.15) is 0 Å². The molecule has 0 aromatic carbocycles. The van der Waals surface area contributed by atoms with Crippen LogP contribution < -0.4 is 0 Å². The van der Waals surface area contributed by atoms with Crippen molar-refractivity contribution in [2.45, 2.75) is 314 Å². The number of carbonyl (C=O) groups is 4. The number of aliphatic hydroxyl groups excluding tert-OH is 2. The molecule has 1 fully saturated rings. The molecular formula is C69H116O12. The van der Waals surface area contributed by atoms with Crippen molar-refractivity contribution in [2.75, 3.05) is 13.2 Å². The molecule has 0 aromatic rings. The fraction of sp³-hybridized carbons (Fsp3) is 0.739. The van der Waals surface area contributed by atoms with Crippen LogP contribution in [0.25, 0.3) is 0 Å². The molecule has 6 atom stereocenters. The summed E-state index contributed by atoms with van der Waals surface area (Å²) in [5.74, 6) is -3.14. The van der Waals surface area contributed by atoms with Crippen LogP contribution in [0.15, 0.2) is 85.1 Å². The molecule has 0 aliphatic carbocycles. The third kappa shape index (κ3) is 46.0. The summed E-state index contributed by atoms with van der Waals surface area (Å²) in [5, 5.41) is 31.6. The van der Waals surface area contributed by atoms with E-state index in [0.29, 0.717) is 19.3 Å². The van der Waals surface area contributed by atoms with Gasteiger partial charge >= 0.3 is 23.9 Å².